The second-order valence-electron chi connectivity index (χ2n) is 6.06. The van der Waals surface area contributed by atoms with Crippen LogP contribution in [0.3, 0.4) is 0 Å². The molecular weight excluding hydrogens is 334 g/mol. The Morgan fingerprint density at radius 1 is 1.21 bits per heavy atom. The molecule has 1 aromatic carbocycles. The van der Waals surface area contributed by atoms with Crippen molar-refractivity contribution in [3.63, 3.8) is 0 Å². The van der Waals surface area contributed by atoms with Crippen molar-refractivity contribution in [1.82, 2.24) is 14.9 Å². The lowest BCUT2D eigenvalue weighted by Crippen LogP contribution is -2.43. The minimum absolute atomic E-state index is 0.319. The monoisotopic (exact) mass is 352 g/mol. The van der Waals surface area contributed by atoms with E-state index in [2.05, 4.69) is 19.8 Å². The van der Waals surface area contributed by atoms with Crippen LogP contribution in [0.5, 0.6) is 0 Å². The molecule has 1 aromatic heterocycles. The topological polar surface area (TPSA) is 32.3 Å². The highest BCUT2D eigenvalue weighted by molar-refractivity contribution is 6.30. The minimum atomic E-state index is -0.402. The van der Waals surface area contributed by atoms with Crippen LogP contribution in [-0.4, -0.2) is 41.0 Å². The number of benzene rings is 1. The Hall–Kier alpha value is -1.79. The van der Waals surface area contributed by atoms with Gasteiger partial charge in [-0.2, -0.15) is 0 Å². The maximum Gasteiger partial charge on any atom is 0.225 e. The van der Waals surface area contributed by atoms with Gasteiger partial charge in [-0.1, -0.05) is 11.6 Å². The first-order valence-corrected chi connectivity index (χ1v) is 8.27. The molecule has 3 rings (SSSR count). The number of halogens is 3. The van der Waals surface area contributed by atoms with Crippen LogP contribution in [0.25, 0.3) is 0 Å². The van der Waals surface area contributed by atoms with Crippen LogP contribution in [-0.2, 0) is 6.54 Å². The van der Waals surface area contributed by atoms with E-state index in [9.17, 15) is 8.78 Å². The third-order valence-corrected chi connectivity index (χ3v) is 4.62. The van der Waals surface area contributed by atoms with E-state index in [0.29, 0.717) is 29.1 Å². The summed E-state index contributed by atoms with van der Waals surface area (Å²) in [5.74, 6) is -0.111. The molecule has 0 spiro atoms. The number of nitrogens with zero attached hydrogens (tertiary/aromatic N) is 4. The molecule has 128 valence electrons. The van der Waals surface area contributed by atoms with Crippen LogP contribution in [0.2, 0.25) is 5.02 Å². The Kier molecular flexibility index (Phi) is 5.26. The van der Waals surface area contributed by atoms with Crippen molar-refractivity contribution in [2.24, 2.45) is 0 Å². The predicted molar refractivity (Wildman–Crippen MR) is 90.1 cm³/mol. The molecule has 2 heterocycles. The molecule has 0 unspecified atom stereocenters. The van der Waals surface area contributed by atoms with E-state index in [1.54, 1.807) is 12.4 Å². The zero-order chi connectivity index (χ0) is 17.1. The van der Waals surface area contributed by atoms with Crippen molar-refractivity contribution in [2.75, 3.05) is 25.0 Å². The molecule has 0 atom stereocenters. The Morgan fingerprint density at radius 3 is 2.54 bits per heavy atom. The van der Waals surface area contributed by atoms with Crippen LogP contribution in [0.1, 0.15) is 18.4 Å². The lowest BCUT2D eigenvalue weighted by Gasteiger charge is -2.36. The molecule has 1 saturated heterocycles. The molecule has 1 aliphatic rings. The maximum atomic E-state index is 13.8. The molecule has 0 bridgehead atoms. The van der Waals surface area contributed by atoms with E-state index >= 15 is 0 Å². The van der Waals surface area contributed by atoms with E-state index in [1.807, 2.05) is 7.05 Å². The summed E-state index contributed by atoms with van der Waals surface area (Å²) in [7, 11) is 1.97. The van der Waals surface area contributed by atoms with Gasteiger partial charge in [-0.05, 0) is 31.0 Å². The van der Waals surface area contributed by atoms with E-state index in [1.165, 1.54) is 12.1 Å². The van der Waals surface area contributed by atoms with Gasteiger partial charge in [0.15, 0.2) is 0 Å². The number of hydrogen-bond donors (Lipinski definition) is 0. The zero-order valence-electron chi connectivity index (χ0n) is 13.4. The minimum Gasteiger partial charge on any atom is -0.341 e. The molecule has 2 aromatic rings. The molecule has 0 saturated carbocycles. The van der Waals surface area contributed by atoms with Crippen LogP contribution < -0.4 is 4.90 Å². The Morgan fingerprint density at radius 2 is 1.88 bits per heavy atom. The smallest absolute Gasteiger partial charge is 0.225 e. The molecule has 0 radical (unpaired) electrons. The first-order valence-electron chi connectivity index (χ1n) is 7.89. The SMILES string of the molecule is CN(c1ncc(Cl)cn1)C1CCN(Cc2cc(F)ccc2F)CC1. The number of piperidine rings is 1. The van der Waals surface area contributed by atoms with Crippen LogP contribution in [0.4, 0.5) is 14.7 Å². The normalized spacial score (nSPS) is 16.3. The third kappa shape index (κ3) is 3.99. The Balaban J connectivity index is 1.57. The molecule has 0 amide bonds. The van der Waals surface area contributed by atoms with E-state index in [-0.39, 0.29) is 5.82 Å². The van der Waals surface area contributed by atoms with Gasteiger partial charge in [0.2, 0.25) is 5.95 Å². The van der Waals surface area contributed by atoms with Crippen molar-refractivity contribution in [1.29, 1.82) is 0 Å². The number of rotatable bonds is 4. The highest BCUT2D eigenvalue weighted by atomic mass is 35.5. The molecular formula is C17H19ClF2N4. The van der Waals surface area contributed by atoms with Gasteiger partial charge in [0, 0.05) is 38.3 Å². The van der Waals surface area contributed by atoms with Crippen molar-refractivity contribution < 1.29 is 8.78 Å². The second kappa shape index (κ2) is 7.40. The van der Waals surface area contributed by atoms with E-state index in [4.69, 9.17) is 11.6 Å². The number of anilines is 1. The Bertz CT molecular complexity index is 687. The summed E-state index contributed by atoms with van der Waals surface area (Å²) in [6.45, 7) is 2.06. The lowest BCUT2D eigenvalue weighted by atomic mass is 10.0. The molecule has 7 heteroatoms. The van der Waals surface area contributed by atoms with Crippen LogP contribution in [0, 0.1) is 11.6 Å². The van der Waals surface area contributed by atoms with E-state index in [0.717, 1.165) is 32.0 Å². The lowest BCUT2D eigenvalue weighted by molar-refractivity contribution is 0.200. The highest BCUT2D eigenvalue weighted by Gasteiger charge is 2.24. The second-order valence-corrected chi connectivity index (χ2v) is 6.49. The van der Waals surface area contributed by atoms with Crippen molar-refractivity contribution >= 4 is 17.5 Å². The summed E-state index contributed by atoms with van der Waals surface area (Å²) in [6.07, 6.45) is 5.00. The highest BCUT2D eigenvalue weighted by Crippen LogP contribution is 2.22. The molecule has 24 heavy (non-hydrogen) atoms. The van der Waals surface area contributed by atoms with Gasteiger partial charge in [-0.3, -0.25) is 4.90 Å². The number of hydrogen-bond acceptors (Lipinski definition) is 4. The summed E-state index contributed by atoms with van der Waals surface area (Å²) in [4.78, 5) is 12.7. The first kappa shape index (κ1) is 17.0. The summed E-state index contributed by atoms with van der Waals surface area (Å²) >= 11 is 5.81. The summed E-state index contributed by atoms with van der Waals surface area (Å²) in [5.41, 5.74) is 0.405. The summed E-state index contributed by atoms with van der Waals surface area (Å²) < 4.78 is 27.0. The third-order valence-electron chi connectivity index (χ3n) is 4.43. The molecule has 1 aliphatic heterocycles. The predicted octanol–water partition coefficient (Wildman–Crippen LogP) is 3.51. The van der Waals surface area contributed by atoms with Gasteiger partial charge in [-0.25, -0.2) is 18.7 Å². The van der Waals surface area contributed by atoms with Gasteiger partial charge >= 0.3 is 0 Å². The Labute approximate surface area is 145 Å². The summed E-state index contributed by atoms with van der Waals surface area (Å²) in [6, 6.07) is 3.92. The average Bonchev–Trinajstić information content (AvgIpc) is 2.59. The fraction of sp³-hybridized carbons (Fsp3) is 0.412. The fourth-order valence-electron chi connectivity index (χ4n) is 3.02. The van der Waals surface area contributed by atoms with Crippen molar-refractivity contribution in [3.8, 4) is 0 Å². The molecule has 4 nitrogen and oxygen atoms in total. The van der Waals surface area contributed by atoms with Gasteiger partial charge in [0.25, 0.3) is 0 Å². The number of aromatic nitrogens is 2. The van der Waals surface area contributed by atoms with Gasteiger partial charge in [-0.15, -0.1) is 0 Å². The van der Waals surface area contributed by atoms with E-state index < -0.39 is 5.82 Å². The first-order chi connectivity index (χ1) is 11.5. The van der Waals surface area contributed by atoms with Gasteiger partial charge in [0.05, 0.1) is 17.4 Å². The molecule has 0 aliphatic carbocycles. The van der Waals surface area contributed by atoms with Crippen molar-refractivity contribution in [2.45, 2.75) is 25.4 Å². The molecule has 0 N–H and O–H groups in total. The van der Waals surface area contributed by atoms with Gasteiger partial charge < -0.3 is 4.90 Å². The number of likely N-dealkylation sites (tertiary alicyclic amines) is 1. The van der Waals surface area contributed by atoms with Crippen LogP contribution in [0.15, 0.2) is 30.6 Å². The summed E-state index contributed by atoms with van der Waals surface area (Å²) in [5, 5.41) is 0.513. The van der Waals surface area contributed by atoms with Crippen LogP contribution >= 0.6 is 11.6 Å². The zero-order valence-corrected chi connectivity index (χ0v) is 14.2. The quantitative estimate of drug-likeness (QED) is 0.843. The molecule has 1 fully saturated rings. The standard InChI is InChI=1S/C17H19ClF2N4/c1-23(17-21-9-13(18)10-22-17)15-4-6-24(7-5-15)11-12-8-14(19)2-3-16(12)20/h2-3,8-10,15H,4-7,11H2,1H3. The maximum absolute atomic E-state index is 13.8. The fourth-order valence-corrected chi connectivity index (χ4v) is 3.12. The average molecular weight is 353 g/mol. The van der Waals surface area contributed by atoms with Crippen molar-refractivity contribution in [3.05, 3.63) is 52.8 Å². The largest absolute Gasteiger partial charge is 0.341 e. The van der Waals surface area contributed by atoms with Gasteiger partial charge in [0.1, 0.15) is 11.6 Å².